The molecule has 9 N–H and O–H groups in total. The Morgan fingerprint density at radius 3 is 1.88 bits per heavy atom. The number of amides is 9. The lowest BCUT2D eigenvalue weighted by Gasteiger charge is -2.41. The fourth-order valence-corrected chi connectivity index (χ4v) is 12.5. The Kier molecular flexibility index (Phi) is 32.2. The highest BCUT2D eigenvalue weighted by Gasteiger charge is 2.44. The molecule has 2 fully saturated rings. The Bertz CT molecular complexity index is 2440. The Morgan fingerprint density at radius 2 is 1.35 bits per heavy atom. The average Bonchev–Trinajstić information content (AvgIpc) is 4.07. The fourth-order valence-electron chi connectivity index (χ4n) is 12.5. The average molecular weight is 1240 g/mol. The first-order valence-electron chi connectivity index (χ1n) is 32.1. The van der Waals surface area contributed by atoms with Gasteiger partial charge < -0.3 is 62.2 Å². The van der Waals surface area contributed by atoms with Crippen LogP contribution in [0.5, 0.6) is 0 Å². The Labute approximate surface area is 524 Å². The van der Waals surface area contributed by atoms with Gasteiger partial charge in [0.15, 0.2) is 0 Å². The van der Waals surface area contributed by atoms with Gasteiger partial charge in [-0.1, -0.05) is 94.7 Å². The van der Waals surface area contributed by atoms with Crippen LogP contribution in [-0.4, -0.2) is 195 Å². The van der Waals surface area contributed by atoms with Gasteiger partial charge in [-0.2, -0.15) is 0 Å². The number of likely N-dealkylation sites (N-methyl/N-ethyl adjacent to an activating group) is 2. The molecule has 2 aliphatic heterocycles. The normalized spacial score (nSPS) is 18.2. The zero-order valence-electron chi connectivity index (χ0n) is 55.9. The van der Waals surface area contributed by atoms with Crippen LogP contribution in [0.4, 0.5) is 10.5 Å². The zero-order chi connectivity index (χ0) is 66.3. The molecule has 0 radical (unpaired) electrons. The molecule has 498 valence electrons. The molecule has 0 bridgehead atoms. The van der Waals surface area contributed by atoms with Crippen LogP contribution in [0.3, 0.4) is 0 Å². The first-order chi connectivity index (χ1) is 41.4. The van der Waals surface area contributed by atoms with Crippen molar-refractivity contribution in [2.24, 2.45) is 58.8 Å². The smallest absolute Gasteiger partial charge is 0.312 e. The molecular weight excluding hydrogens is 1130 g/mol. The number of primary amides is 1. The zero-order valence-corrected chi connectivity index (χ0v) is 55.9. The maximum Gasteiger partial charge on any atom is 0.312 e. The van der Waals surface area contributed by atoms with Crippen LogP contribution < -0.4 is 38.1 Å². The first-order valence-corrected chi connectivity index (χ1v) is 32.1. The Balaban J connectivity index is 1.68. The van der Waals surface area contributed by atoms with Gasteiger partial charge in [-0.3, -0.25) is 48.1 Å². The van der Waals surface area contributed by atoms with Gasteiger partial charge in [0, 0.05) is 103 Å². The quantitative estimate of drug-likeness (QED) is 0.0446. The molecule has 88 heavy (non-hydrogen) atoms. The largest absolute Gasteiger partial charge is 0.379 e. The number of likely N-dealkylation sites (tertiary alicyclic amines) is 2. The number of carbonyl (C=O) groups excluding carboxylic acids is 10. The van der Waals surface area contributed by atoms with Crippen molar-refractivity contribution in [2.45, 2.75) is 202 Å². The van der Waals surface area contributed by atoms with Crippen LogP contribution in [-0.2, 0) is 59.0 Å². The maximum atomic E-state index is 14.5. The third-order valence-corrected chi connectivity index (χ3v) is 17.9. The highest BCUT2D eigenvalue weighted by molar-refractivity contribution is 5.98. The molecular formula is C65H111N11O12. The molecule has 0 saturated carbocycles. The van der Waals surface area contributed by atoms with E-state index in [0.29, 0.717) is 70.3 Å². The number of benzene rings is 1. The van der Waals surface area contributed by atoms with Gasteiger partial charge in [-0.05, 0) is 100 Å². The van der Waals surface area contributed by atoms with Crippen molar-refractivity contribution in [1.29, 1.82) is 0 Å². The number of Topliss-reactive ketones (excluding diaryl/α,β-unsaturated/α-hetero) is 2. The van der Waals surface area contributed by atoms with Crippen molar-refractivity contribution in [3.63, 3.8) is 0 Å². The summed E-state index contributed by atoms with van der Waals surface area (Å²) in [6.45, 7) is 22.5. The topological polar surface area (TPSA) is 314 Å². The number of nitrogens with one attached hydrogen (secondary N) is 5. The van der Waals surface area contributed by atoms with E-state index >= 15 is 0 Å². The summed E-state index contributed by atoms with van der Waals surface area (Å²) >= 11 is 0. The van der Waals surface area contributed by atoms with E-state index in [2.05, 4.69) is 26.6 Å². The lowest BCUT2D eigenvalue weighted by molar-refractivity contribution is -0.148. The summed E-state index contributed by atoms with van der Waals surface area (Å²) < 4.78 is 12.1. The summed E-state index contributed by atoms with van der Waals surface area (Å²) in [6, 6.07) is 2.50. The van der Waals surface area contributed by atoms with Gasteiger partial charge in [-0.25, -0.2) is 4.79 Å². The van der Waals surface area contributed by atoms with Crippen molar-refractivity contribution in [2.75, 3.05) is 73.4 Å². The standard InChI is InChI=1S/C65H111N11O12/c1-17-42(10)57(74(14)64(85)55(39(4)5)72-63(84)56(40(6)7)73(12)13)52(87-15)36-54(79)76-31-19-21-51(76)59(88-16)43(11)60(81)70-47(37-66)34-44-22-24-46(25-23-44)69-62(83)50(20-18-30-68-65(67)86)71-61(82)49(38(2)3)35-48(77)26-27-53(78)75-32-28-45(29-33-75)58(80)41(8)9/h22-25,38-43,45,47,49-52,55-57,59H,17-21,26-37,66H2,1-16H3,(H,69,83)(H,70,81)(H,71,82)(H,72,84)(H3,67,68,86)/t42-,43+,47-,49?,50-,51-,52+,55-,56?,57-,59+/m0/s1. The molecule has 9 amide bonds. The Hall–Kier alpha value is -6.04. The molecule has 0 spiro atoms. The number of methoxy groups -OCH3 is 2. The second-order valence-electron chi connectivity index (χ2n) is 26.1. The molecule has 1 aromatic rings. The molecule has 0 aliphatic carbocycles. The summed E-state index contributed by atoms with van der Waals surface area (Å²) in [5, 5.41) is 14.3. The molecule has 2 aliphatic rings. The number of ether oxygens (including phenoxy) is 2. The van der Waals surface area contributed by atoms with Crippen molar-refractivity contribution in [1.82, 2.24) is 40.9 Å². The Morgan fingerprint density at radius 1 is 0.716 bits per heavy atom. The number of ketones is 2. The molecule has 3 rings (SSSR count). The molecule has 23 nitrogen and oxygen atoms in total. The van der Waals surface area contributed by atoms with Crippen molar-refractivity contribution < 1.29 is 57.4 Å². The minimum absolute atomic E-state index is 0.00387. The summed E-state index contributed by atoms with van der Waals surface area (Å²) in [4.78, 5) is 142. The summed E-state index contributed by atoms with van der Waals surface area (Å²) in [7, 11) is 8.46. The summed E-state index contributed by atoms with van der Waals surface area (Å²) in [5.74, 6) is -4.44. The first kappa shape index (κ1) is 76.2. The van der Waals surface area contributed by atoms with E-state index in [9.17, 15) is 47.9 Å². The predicted molar refractivity (Wildman–Crippen MR) is 340 cm³/mol. The van der Waals surface area contributed by atoms with Gasteiger partial charge in [-0.15, -0.1) is 0 Å². The third kappa shape index (κ3) is 22.8. The number of hydrogen-bond acceptors (Lipinski definition) is 14. The number of nitrogens with zero attached hydrogens (tertiary/aromatic N) is 4. The molecule has 1 aromatic carbocycles. The monoisotopic (exact) mass is 1240 g/mol. The van der Waals surface area contributed by atoms with E-state index in [1.807, 2.05) is 88.2 Å². The minimum Gasteiger partial charge on any atom is -0.379 e. The van der Waals surface area contributed by atoms with Crippen LogP contribution in [0, 0.1) is 47.3 Å². The van der Waals surface area contributed by atoms with Gasteiger partial charge >= 0.3 is 6.03 Å². The third-order valence-electron chi connectivity index (χ3n) is 17.9. The second-order valence-corrected chi connectivity index (χ2v) is 26.1. The van der Waals surface area contributed by atoms with Crippen molar-refractivity contribution in [3.05, 3.63) is 29.8 Å². The molecule has 23 heteroatoms. The van der Waals surface area contributed by atoms with E-state index in [1.54, 1.807) is 60.0 Å². The molecule has 2 unspecified atom stereocenters. The van der Waals surface area contributed by atoms with Crippen LogP contribution in [0.15, 0.2) is 24.3 Å². The highest BCUT2D eigenvalue weighted by atomic mass is 16.5. The predicted octanol–water partition coefficient (Wildman–Crippen LogP) is 4.67. The number of hydrogen-bond donors (Lipinski definition) is 7. The van der Waals surface area contributed by atoms with Crippen molar-refractivity contribution >= 4 is 64.6 Å². The summed E-state index contributed by atoms with van der Waals surface area (Å²) in [5.41, 5.74) is 12.8. The van der Waals surface area contributed by atoms with Gasteiger partial charge in [0.1, 0.15) is 23.7 Å². The second kappa shape index (κ2) is 37.2. The molecule has 2 saturated heterocycles. The molecule has 11 atom stereocenters. The van der Waals surface area contributed by atoms with E-state index < -0.39 is 78.1 Å². The van der Waals surface area contributed by atoms with E-state index in [1.165, 1.54) is 7.11 Å². The van der Waals surface area contributed by atoms with Crippen LogP contribution in [0.1, 0.15) is 152 Å². The number of piperidine rings is 1. The van der Waals surface area contributed by atoms with Crippen LogP contribution >= 0.6 is 0 Å². The maximum absolute atomic E-state index is 14.5. The lowest BCUT2D eigenvalue weighted by Crippen LogP contribution is -2.59. The summed E-state index contributed by atoms with van der Waals surface area (Å²) in [6.07, 6.45) is 2.38. The number of anilines is 1. The number of nitrogens with two attached hydrogens (primary N) is 2. The lowest BCUT2D eigenvalue weighted by atomic mass is 9.87. The van der Waals surface area contributed by atoms with Crippen LogP contribution in [0.2, 0.25) is 0 Å². The van der Waals surface area contributed by atoms with Gasteiger partial charge in [0.2, 0.25) is 41.4 Å². The molecule has 2 heterocycles. The number of rotatable bonds is 37. The van der Waals surface area contributed by atoms with Gasteiger partial charge in [0.25, 0.3) is 0 Å². The fraction of sp³-hybridized carbons (Fsp3) is 0.754. The minimum atomic E-state index is -1.06. The molecule has 0 aromatic heterocycles. The number of urea groups is 1. The van der Waals surface area contributed by atoms with E-state index in [0.717, 1.165) is 5.56 Å². The van der Waals surface area contributed by atoms with Gasteiger partial charge in [0.05, 0.1) is 42.7 Å². The highest BCUT2D eigenvalue weighted by Crippen LogP contribution is 2.31. The van der Waals surface area contributed by atoms with Crippen LogP contribution in [0.25, 0.3) is 0 Å². The van der Waals surface area contributed by atoms with E-state index in [4.69, 9.17) is 20.9 Å². The van der Waals surface area contributed by atoms with E-state index in [-0.39, 0.29) is 122 Å². The number of carbonyl (C=O) groups is 10. The van der Waals surface area contributed by atoms with Crippen molar-refractivity contribution in [3.8, 4) is 0 Å². The SMILES string of the molecule is CC[C@H](C)[C@@H]([C@@H](CC(=O)N1CCC[C@H]1[C@H](OC)[C@@H](C)C(=O)N[C@H](CN)Cc1ccc(NC(=O)[C@H](CCCNC(N)=O)NC(=O)C(CC(=O)CCC(=O)N2CCC(C(=O)C(C)C)CC2)C(C)C)cc1)OC)N(C)C(=O)[C@@H](NC(=O)C(C(C)C)N(C)C)C(C)C.